The van der Waals surface area contributed by atoms with Gasteiger partial charge in [0.05, 0.1) is 12.0 Å². The summed E-state index contributed by atoms with van der Waals surface area (Å²) in [5.74, 6) is -2.50. The Morgan fingerprint density at radius 2 is 1.55 bits per heavy atom. The summed E-state index contributed by atoms with van der Waals surface area (Å²) in [5, 5.41) is 11.6. The van der Waals surface area contributed by atoms with Crippen molar-refractivity contribution in [2.45, 2.75) is 18.6 Å². The van der Waals surface area contributed by atoms with E-state index in [0.29, 0.717) is 5.56 Å². The molecule has 1 atom stereocenters. The fraction of sp³-hybridized carbons (Fsp3) is 0.217. The molecule has 0 fully saturated rings. The average molecular weight is 458 g/mol. The van der Waals surface area contributed by atoms with E-state index < -0.39 is 45.8 Å². The van der Waals surface area contributed by atoms with Crippen LogP contribution in [0.4, 0.5) is 14.5 Å². The van der Waals surface area contributed by atoms with Crippen LogP contribution >= 0.6 is 0 Å². The number of carbonyl (C=O) groups is 1. The molecule has 0 amide bonds. The molecule has 3 rings (SSSR count). The third-order valence-electron chi connectivity index (χ3n) is 5.05. The molecule has 0 aliphatic carbocycles. The number of hydrogen-bond acceptors (Lipinski definition) is 7. The van der Waals surface area contributed by atoms with Crippen LogP contribution in [0, 0.1) is 28.7 Å². The van der Waals surface area contributed by atoms with Gasteiger partial charge in [0.15, 0.2) is 5.60 Å². The molecular formula is C23H20F2N2O6. The minimum Gasteiger partial charge on any atom is -0.466 e. The van der Waals surface area contributed by atoms with E-state index in [1.54, 1.807) is 6.92 Å². The SMILES string of the molecule is COC(=O)C(Oc1ncc(C)cc1[N+](=O)[O-])C(OC)(c1ccc(F)cc1)c1ccc(F)cc1. The van der Waals surface area contributed by atoms with Crippen molar-refractivity contribution in [3.63, 3.8) is 0 Å². The van der Waals surface area contributed by atoms with Crippen LogP contribution in [0.3, 0.4) is 0 Å². The van der Waals surface area contributed by atoms with Crippen molar-refractivity contribution in [2.24, 2.45) is 0 Å². The van der Waals surface area contributed by atoms with E-state index in [0.717, 1.165) is 31.4 Å². The second-order valence-corrected chi connectivity index (χ2v) is 7.07. The quantitative estimate of drug-likeness (QED) is 0.285. The van der Waals surface area contributed by atoms with Crippen molar-refractivity contribution in [3.05, 3.63) is 99.2 Å². The third-order valence-corrected chi connectivity index (χ3v) is 5.05. The molecule has 0 saturated heterocycles. The predicted octanol–water partition coefficient (Wildman–Crippen LogP) is 4.09. The number of benzene rings is 2. The molecule has 1 heterocycles. The van der Waals surface area contributed by atoms with E-state index in [2.05, 4.69) is 4.98 Å². The van der Waals surface area contributed by atoms with E-state index in [1.807, 2.05) is 0 Å². The predicted molar refractivity (Wildman–Crippen MR) is 113 cm³/mol. The van der Waals surface area contributed by atoms with E-state index in [-0.39, 0.29) is 11.1 Å². The summed E-state index contributed by atoms with van der Waals surface area (Å²) < 4.78 is 43.9. The molecule has 0 spiro atoms. The first kappa shape index (κ1) is 23.7. The normalized spacial score (nSPS) is 12.2. The minimum absolute atomic E-state index is 0.253. The van der Waals surface area contributed by atoms with Crippen LogP contribution in [0.5, 0.6) is 5.88 Å². The van der Waals surface area contributed by atoms with Gasteiger partial charge in [-0.25, -0.2) is 18.6 Å². The van der Waals surface area contributed by atoms with Crippen molar-refractivity contribution < 1.29 is 32.7 Å². The molecule has 2 aromatic carbocycles. The van der Waals surface area contributed by atoms with Gasteiger partial charge in [0.2, 0.25) is 6.10 Å². The van der Waals surface area contributed by atoms with Gasteiger partial charge in [-0.15, -0.1) is 0 Å². The largest absolute Gasteiger partial charge is 0.466 e. The van der Waals surface area contributed by atoms with E-state index >= 15 is 0 Å². The highest BCUT2D eigenvalue weighted by atomic mass is 19.1. The van der Waals surface area contributed by atoms with Crippen LogP contribution in [-0.4, -0.2) is 36.2 Å². The van der Waals surface area contributed by atoms with Crippen LogP contribution in [0.2, 0.25) is 0 Å². The molecule has 10 heteroatoms. The number of rotatable bonds is 8. The van der Waals surface area contributed by atoms with Gasteiger partial charge in [0, 0.05) is 19.4 Å². The fourth-order valence-corrected chi connectivity index (χ4v) is 3.49. The number of methoxy groups -OCH3 is 2. The smallest absolute Gasteiger partial charge is 0.350 e. The van der Waals surface area contributed by atoms with Crippen molar-refractivity contribution in [1.82, 2.24) is 4.98 Å². The number of carbonyl (C=O) groups excluding carboxylic acids is 1. The lowest BCUT2D eigenvalue weighted by molar-refractivity contribution is -0.386. The number of nitro groups is 1. The minimum atomic E-state index is -1.81. The molecule has 0 N–H and O–H groups in total. The highest BCUT2D eigenvalue weighted by Gasteiger charge is 2.50. The first-order valence-corrected chi connectivity index (χ1v) is 9.65. The van der Waals surface area contributed by atoms with Crippen LogP contribution in [0.1, 0.15) is 16.7 Å². The maximum Gasteiger partial charge on any atom is 0.350 e. The van der Waals surface area contributed by atoms with Crippen molar-refractivity contribution in [1.29, 1.82) is 0 Å². The topological polar surface area (TPSA) is 101 Å². The molecule has 1 unspecified atom stereocenters. The van der Waals surface area contributed by atoms with Gasteiger partial charge in [0.25, 0.3) is 5.88 Å². The number of aryl methyl sites for hydroxylation is 1. The molecule has 172 valence electrons. The van der Waals surface area contributed by atoms with Crippen LogP contribution in [-0.2, 0) is 19.9 Å². The third kappa shape index (κ3) is 4.65. The summed E-state index contributed by atoms with van der Waals surface area (Å²) in [6, 6.07) is 11.3. The Bertz CT molecular complexity index is 1110. The molecule has 0 bridgehead atoms. The zero-order chi connectivity index (χ0) is 24.2. The van der Waals surface area contributed by atoms with E-state index in [9.17, 15) is 23.7 Å². The Hall–Kier alpha value is -3.92. The highest BCUT2D eigenvalue weighted by molar-refractivity contribution is 5.78. The molecule has 3 aromatic rings. The fourth-order valence-electron chi connectivity index (χ4n) is 3.49. The summed E-state index contributed by atoms with van der Waals surface area (Å²) in [4.78, 5) is 27.8. The molecular weight excluding hydrogens is 438 g/mol. The van der Waals surface area contributed by atoms with E-state index in [4.69, 9.17) is 14.2 Å². The van der Waals surface area contributed by atoms with Crippen molar-refractivity contribution in [2.75, 3.05) is 14.2 Å². The zero-order valence-electron chi connectivity index (χ0n) is 18.0. The maximum atomic E-state index is 13.7. The first-order valence-electron chi connectivity index (χ1n) is 9.65. The van der Waals surface area contributed by atoms with Gasteiger partial charge in [0.1, 0.15) is 11.6 Å². The maximum absolute atomic E-state index is 13.7. The van der Waals surface area contributed by atoms with Crippen LogP contribution in [0.25, 0.3) is 0 Å². The molecule has 1 aromatic heterocycles. The molecule has 0 saturated carbocycles. The molecule has 33 heavy (non-hydrogen) atoms. The first-order chi connectivity index (χ1) is 15.7. The summed E-state index contributed by atoms with van der Waals surface area (Å²) in [7, 11) is 2.37. The monoisotopic (exact) mass is 458 g/mol. The van der Waals surface area contributed by atoms with Gasteiger partial charge >= 0.3 is 11.7 Å². The Morgan fingerprint density at radius 3 is 1.97 bits per heavy atom. The number of pyridine rings is 1. The van der Waals surface area contributed by atoms with Crippen molar-refractivity contribution >= 4 is 11.7 Å². The number of aromatic nitrogens is 1. The molecule has 0 radical (unpaired) electrons. The van der Waals surface area contributed by atoms with Gasteiger partial charge < -0.3 is 14.2 Å². The summed E-state index contributed by atoms with van der Waals surface area (Å²) in [6.45, 7) is 1.61. The summed E-state index contributed by atoms with van der Waals surface area (Å²) in [6.07, 6.45) is -0.349. The van der Waals surface area contributed by atoms with Crippen LogP contribution < -0.4 is 4.74 Å². The van der Waals surface area contributed by atoms with Crippen molar-refractivity contribution in [3.8, 4) is 5.88 Å². The number of esters is 1. The zero-order valence-corrected chi connectivity index (χ0v) is 18.0. The molecule has 8 nitrogen and oxygen atoms in total. The van der Waals surface area contributed by atoms with Gasteiger partial charge in [-0.3, -0.25) is 10.1 Å². The Morgan fingerprint density at radius 1 is 1.03 bits per heavy atom. The van der Waals surface area contributed by atoms with Crippen LogP contribution in [0.15, 0.2) is 60.8 Å². The standard InChI is InChI=1S/C23H20F2N2O6/c1-14-12-19(27(29)30)21(26-13-14)33-20(22(28)31-2)23(32-3,15-4-8-17(24)9-5-15)16-6-10-18(25)11-7-16/h4-13,20H,1-3H3. The molecule has 0 aliphatic rings. The lowest BCUT2D eigenvalue weighted by Gasteiger charge is -2.38. The summed E-state index contributed by atoms with van der Waals surface area (Å²) in [5.41, 5.74) is -1.29. The summed E-state index contributed by atoms with van der Waals surface area (Å²) >= 11 is 0. The van der Waals surface area contributed by atoms with Gasteiger partial charge in [-0.2, -0.15) is 0 Å². The number of nitrogens with zero attached hydrogens (tertiary/aromatic N) is 2. The number of hydrogen-bond donors (Lipinski definition) is 0. The lowest BCUT2D eigenvalue weighted by Crippen LogP contribution is -2.51. The number of halogens is 2. The Balaban J connectivity index is 2.28. The Labute approximate surface area is 187 Å². The molecule has 0 aliphatic heterocycles. The lowest BCUT2D eigenvalue weighted by atomic mass is 9.81. The second-order valence-electron chi connectivity index (χ2n) is 7.07. The van der Waals surface area contributed by atoms with E-state index in [1.165, 1.54) is 43.6 Å². The Kier molecular flexibility index (Phi) is 6.98. The van der Waals surface area contributed by atoms with Gasteiger partial charge in [-0.1, -0.05) is 24.3 Å². The average Bonchev–Trinajstić information content (AvgIpc) is 2.81. The number of ether oxygens (including phenoxy) is 3. The second kappa shape index (κ2) is 9.70. The highest BCUT2D eigenvalue weighted by Crippen LogP contribution is 2.40. The van der Waals surface area contributed by atoms with Gasteiger partial charge in [-0.05, 0) is 47.9 Å².